The number of hydrogen-bond acceptors (Lipinski definition) is 3. The van der Waals surface area contributed by atoms with Crippen LogP contribution in [0.25, 0.3) is 28.1 Å². The Morgan fingerprint density at radius 1 is 1.00 bits per heavy atom. The first-order valence-corrected chi connectivity index (χ1v) is 11.0. The van der Waals surface area contributed by atoms with Crippen molar-refractivity contribution in [1.82, 2.24) is 4.98 Å². The van der Waals surface area contributed by atoms with E-state index in [1.165, 1.54) is 12.1 Å². The van der Waals surface area contributed by atoms with E-state index in [-0.39, 0.29) is 12.2 Å². The second-order valence-electron chi connectivity index (χ2n) is 8.27. The number of pyridine rings is 1. The molecule has 4 nitrogen and oxygen atoms in total. The molecule has 0 aliphatic heterocycles. The zero-order valence-electron chi connectivity index (χ0n) is 18.6. The van der Waals surface area contributed by atoms with Crippen LogP contribution in [0.3, 0.4) is 0 Å². The number of rotatable bonds is 6. The summed E-state index contributed by atoms with van der Waals surface area (Å²) in [5.74, 6) is -0.587. The highest BCUT2D eigenvalue weighted by atomic mass is 19.1. The molecule has 168 valence electrons. The largest absolute Gasteiger partial charge is 0.487 e. The van der Waals surface area contributed by atoms with Crippen LogP contribution in [0, 0.1) is 5.82 Å². The number of carboxylic acid groups (broad SMARTS) is 1. The maximum atomic E-state index is 13.9. The SMILES string of the molecule is CC1=C(CC(=O)O)c2cc(F)ccc2C1=Cc1ccc(OCc2ccc3ccccc3n2)cc1. The minimum atomic E-state index is -0.937. The van der Waals surface area contributed by atoms with Crippen molar-refractivity contribution in [3.8, 4) is 5.75 Å². The van der Waals surface area contributed by atoms with Crippen LogP contribution < -0.4 is 4.74 Å². The first kappa shape index (κ1) is 21.6. The lowest BCUT2D eigenvalue weighted by atomic mass is 10.0. The van der Waals surface area contributed by atoms with Gasteiger partial charge in [-0.2, -0.15) is 0 Å². The third kappa shape index (κ3) is 4.33. The van der Waals surface area contributed by atoms with Crippen LogP contribution in [-0.2, 0) is 11.4 Å². The Morgan fingerprint density at radius 2 is 1.79 bits per heavy atom. The van der Waals surface area contributed by atoms with Crippen molar-refractivity contribution in [3.63, 3.8) is 0 Å². The molecule has 5 heteroatoms. The van der Waals surface area contributed by atoms with E-state index in [0.29, 0.717) is 17.7 Å². The van der Waals surface area contributed by atoms with Gasteiger partial charge in [-0.1, -0.05) is 42.5 Å². The Hall–Kier alpha value is -4.25. The first-order valence-electron chi connectivity index (χ1n) is 11.0. The van der Waals surface area contributed by atoms with Gasteiger partial charge < -0.3 is 9.84 Å². The topological polar surface area (TPSA) is 59.4 Å². The third-order valence-corrected chi connectivity index (χ3v) is 6.02. The van der Waals surface area contributed by atoms with E-state index < -0.39 is 5.97 Å². The Morgan fingerprint density at radius 3 is 2.59 bits per heavy atom. The lowest BCUT2D eigenvalue weighted by Gasteiger charge is -2.08. The van der Waals surface area contributed by atoms with Gasteiger partial charge >= 0.3 is 5.97 Å². The minimum Gasteiger partial charge on any atom is -0.487 e. The zero-order chi connectivity index (χ0) is 23.7. The summed E-state index contributed by atoms with van der Waals surface area (Å²) in [4.78, 5) is 16.0. The van der Waals surface area contributed by atoms with Crippen LogP contribution in [0.4, 0.5) is 4.39 Å². The van der Waals surface area contributed by atoms with Crippen molar-refractivity contribution in [2.75, 3.05) is 0 Å². The molecule has 0 fully saturated rings. The van der Waals surface area contributed by atoms with Gasteiger partial charge in [0.15, 0.2) is 0 Å². The molecular weight excluding hydrogens is 429 g/mol. The van der Waals surface area contributed by atoms with Gasteiger partial charge in [-0.25, -0.2) is 9.37 Å². The maximum absolute atomic E-state index is 13.9. The molecule has 0 spiro atoms. The zero-order valence-corrected chi connectivity index (χ0v) is 18.6. The molecular formula is C29H22FNO3. The fourth-order valence-corrected chi connectivity index (χ4v) is 4.31. The molecule has 1 aliphatic rings. The van der Waals surface area contributed by atoms with Gasteiger partial charge in [0.2, 0.25) is 0 Å². The monoisotopic (exact) mass is 451 g/mol. The summed E-state index contributed by atoms with van der Waals surface area (Å²) in [5, 5.41) is 10.4. The summed E-state index contributed by atoms with van der Waals surface area (Å²) in [6.07, 6.45) is 1.85. The van der Waals surface area contributed by atoms with Gasteiger partial charge in [0.25, 0.3) is 0 Å². The van der Waals surface area contributed by atoms with Gasteiger partial charge in [-0.3, -0.25) is 4.79 Å². The quantitative estimate of drug-likeness (QED) is 0.352. The van der Waals surface area contributed by atoms with Crippen molar-refractivity contribution >= 4 is 34.1 Å². The number of hydrogen-bond donors (Lipinski definition) is 1. The van der Waals surface area contributed by atoms with Crippen molar-refractivity contribution < 1.29 is 19.0 Å². The number of halogens is 1. The highest BCUT2D eigenvalue weighted by Gasteiger charge is 2.25. The van der Waals surface area contributed by atoms with Crippen molar-refractivity contribution in [2.45, 2.75) is 20.0 Å². The minimum absolute atomic E-state index is 0.144. The summed E-state index contributed by atoms with van der Waals surface area (Å²) in [5.41, 5.74) is 6.63. The van der Waals surface area contributed by atoms with E-state index in [1.807, 2.05) is 73.7 Å². The van der Waals surface area contributed by atoms with Gasteiger partial charge in [0.1, 0.15) is 18.2 Å². The maximum Gasteiger partial charge on any atom is 0.307 e. The lowest BCUT2D eigenvalue weighted by molar-refractivity contribution is -0.135. The molecule has 0 saturated heterocycles. The molecule has 0 amide bonds. The third-order valence-electron chi connectivity index (χ3n) is 6.02. The number of ether oxygens (including phenoxy) is 1. The fraction of sp³-hybridized carbons (Fsp3) is 0.103. The van der Waals surface area contributed by atoms with Crippen LogP contribution in [0.5, 0.6) is 5.75 Å². The fourth-order valence-electron chi connectivity index (χ4n) is 4.31. The van der Waals surface area contributed by atoms with E-state index in [4.69, 9.17) is 4.74 Å². The van der Waals surface area contributed by atoms with Gasteiger partial charge in [-0.05, 0) is 82.8 Å². The van der Waals surface area contributed by atoms with E-state index in [1.54, 1.807) is 6.07 Å². The number of benzene rings is 3. The van der Waals surface area contributed by atoms with Crippen molar-refractivity contribution in [1.29, 1.82) is 0 Å². The highest BCUT2D eigenvalue weighted by molar-refractivity contribution is 6.07. The summed E-state index contributed by atoms with van der Waals surface area (Å²) in [6, 6.07) is 24.2. The predicted molar refractivity (Wildman–Crippen MR) is 132 cm³/mol. The number of allylic oxidation sites excluding steroid dienone is 2. The number of aliphatic carboxylic acids is 1. The number of nitrogens with zero attached hydrogens (tertiary/aromatic N) is 1. The Balaban J connectivity index is 1.36. The Labute approximate surface area is 196 Å². The Kier molecular flexibility index (Phi) is 5.68. The molecule has 0 radical (unpaired) electrons. The van der Waals surface area contributed by atoms with Crippen LogP contribution in [-0.4, -0.2) is 16.1 Å². The van der Waals surface area contributed by atoms with E-state index in [2.05, 4.69) is 4.98 Å². The molecule has 1 aromatic heterocycles. The van der Waals surface area contributed by atoms with Gasteiger partial charge in [-0.15, -0.1) is 0 Å². The summed E-state index contributed by atoms with van der Waals surface area (Å²) >= 11 is 0. The number of para-hydroxylation sites is 1. The summed E-state index contributed by atoms with van der Waals surface area (Å²) in [6.45, 7) is 2.25. The van der Waals surface area contributed by atoms with Gasteiger partial charge in [0, 0.05) is 5.39 Å². The smallest absolute Gasteiger partial charge is 0.307 e. The molecule has 0 atom stereocenters. The van der Waals surface area contributed by atoms with Crippen molar-refractivity contribution in [3.05, 3.63) is 113 Å². The predicted octanol–water partition coefficient (Wildman–Crippen LogP) is 6.76. The van der Waals surface area contributed by atoms with Gasteiger partial charge in [0.05, 0.1) is 17.6 Å². The number of carboxylic acids is 1. The number of aromatic nitrogens is 1. The lowest BCUT2D eigenvalue weighted by Crippen LogP contribution is -1.98. The van der Waals surface area contributed by atoms with Crippen LogP contribution in [0.1, 0.15) is 35.7 Å². The molecule has 0 bridgehead atoms. The summed E-state index contributed by atoms with van der Waals surface area (Å²) in [7, 11) is 0. The molecule has 3 aromatic carbocycles. The molecule has 4 aromatic rings. The average molecular weight is 451 g/mol. The standard InChI is InChI=1S/C29H22FNO3/c1-18-25(24-13-9-21(30)15-27(24)26(18)16-29(32)33)14-19-6-11-23(12-7-19)34-17-22-10-8-20-4-2-3-5-28(20)31-22/h2-15H,16-17H2,1H3,(H,32,33). The molecule has 0 unspecified atom stereocenters. The van der Waals surface area contributed by atoms with Crippen LogP contribution in [0.2, 0.25) is 0 Å². The van der Waals surface area contributed by atoms with E-state index in [0.717, 1.165) is 44.6 Å². The summed E-state index contributed by atoms with van der Waals surface area (Å²) < 4.78 is 19.8. The number of fused-ring (bicyclic) bond motifs is 2. The molecule has 1 heterocycles. The van der Waals surface area contributed by atoms with E-state index >= 15 is 0 Å². The molecule has 5 rings (SSSR count). The molecule has 34 heavy (non-hydrogen) atoms. The second-order valence-corrected chi connectivity index (χ2v) is 8.27. The average Bonchev–Trinajstić information content (AvgIpc) is 3.08. The molecule has 1 aliphatic carbocycles. The second kappa shape index (κ2) is 8.94. The molecule has 1 N–H and O–H groups in total. The van der Waals surface area contributed by atoms with Crippen LogP contribution in [0.15, 0.2) is 84.4 Å². The van der Waals surface area contributed by atoms with E-state index in [9.17, 15) is 14.3 Å². The highest BCUT2D eigenvalue weighted by Crippen LogP contribution is 2.43. The number of carbonyl (C=O) groups is 1. The molecule has 0 saturated carbocycles. The normalized spacial score (nSPS) is 14.0. The first-order chi connectivity index (χ1) is 16.5. The Bertz CT molecular complexity index is 1470. The van der Waals surface area contributed by atoms with Crippen molar-refractivity contribution in [2.24, 2.45) is 0 Å². The van der Waals surface area contributed by atoms with Crippen LogP contribution >= 0.6 is 0 Å².